The van der Waals surface area contributed by atoms with Crippen LogP contribution in [0.2, 0.25) is 0 Å². The molecule has 1 atom stereocenters. The van der Waals surface area contributed by atoms with Crippen LogP contribution in [0.25, 0.3) is 11.4 Å². The van der Waals surface area contributed by atoms with Crippen LogP contribution >= 0.6 is 0 Å². The number of pyridine rings is 1. The highest BCUT2D eigenvalue weighted by molar-refractivity contribution is 6.06. The molecule has 0 saturated carbocycles. The Hall–Kier alpha value is -4.46. The number of carbonyl (C=O) groups excluding carboxylic acids is 1. The zero-order valence-electron chi connectivity index (χ0n) is 18.9. The number of amides is 1. The Morgan fingerprint density at radius 2 is 1.88 bits per heavy atom. The molecule has 1 amide bonds. The standard InChI is InChI=1S/C26H24N6O2/c1-3-34-21-13-11-18(12-14-21)23-22(25(33)29-20-9-5-4-6-10-20)17(2)28-26-30-24(31-32(23)26)19-8-7-15-27-16-19/h4-16,23H,3H2,1-2H3,(H,29,33)(H,28,30,31). The summed E-state index contributed by atoms with van der Waals surface area (Å²) < 4.78 is 7.36. The number of fused-ring (bicyclic) bond motifs is 1. The Morgan fingerprint density at radius 3 is 2.59 bits per heavy atom. The molecule has 5 rings (SSSR count). The van der Waals surface area contributed by atoms with Crippen LogP contribution in [0.15, 0.2) is 90.4 Å². The van der Waals surface area contributed by atoms with E-state index in [2.05, 4.69) is 20.6 Å². The SMILES string of the molecule is CCOc1ccc(C2C(C(=O)Nc3ccccc3)=C(C)Nc3nc(-c4cccnc4)nn32)cc1. The molecular weight excluding hydrogens is 428 g/mol. The molecule has 170 valence electrons. The lowest BCUT2D eigenvalue weighted by Crippen LogP contribution is -2.31. The largest absolute Gasteiger partial charge is 0.494 e. The molecule has 34 heavy (non-hydrogen) atoms. The Balaban J connectivity index is 1.59. The highest BCUT2D eigenvalue weighted by atomic mass is 16.5. The Morgan fingerprint density at radius 1 is 1.09 bits per heavy atom. The molecule has 8 heteroatoms. The molecule has 0 aliphatic carbocycles. The van der Waals surface area contributed by atoms with Gasteiger partial charge in [0.1, 0.15) is 11.8 Å². The third-order valence-electron chi connectivity index (χ3n) is 5.56. The quantitative estimate of drug-likeness (QED) is 0.442. The number of hydrogen-bond donors (Lipinski definition) is 2. The van der Waals surface area contributed by atoms with Gasteiger partial charge in [-0.2, -0.15) is 4.98 Å². The van der Waals surface area contributed by atoms with Gasteiger partial charge in [0, 0.05) is 29.3 Å². The summed E-state index contributed by atoms with van der Waals surface area (Å²) in [5.41, 5.74) is 3.68. The summed E-state index contributed by atoms with van der Waals surface area (Å²) in [6.45, 7) is 4.40. The predicted octanol–water partition coefficient (Wildman–Crippen LogP) is 4.67. The van der Waals surface area contributed by atoms with Gasteiger partial charge in [-0.05, 0) is 55.8 Å². The number of benzene rings is 2. The predicted molar refractivity (Wildman–Crippen MR) is 130 cm³/mol. The molecular formula is C26H24N6O2. The average Bonchev–Trinajstić information content (AvgIpc) is 3.29. The zero-order chi connectivity index (χ0) is 23.5. The number of nitrogens with zero attached hydrogens (tertiary/aromatic N) is 4. The fourth-order valence-electron chi connectivity index (χ4n) is 4.00. The number of aromatic nitrogens is 4. The van der Waals surface area contributed by atoms with Crippen molar-refractivity contribution in [2.24, 2.45) is 0 Å². The molecule has 0 fully saturated rings. The minimum Gasteiger partial charge on any atom is -0.494 e. The van der Waals surface area contributed by atoms with Gasteiger partial charge in [-0.15, -0.1) is 5.10 Å². The molecule has 0 spiro atoms. The van der Waals surface area contributed by atoms with E-state index in [0.29, 0.717) is 29.6 Å². The maximum Gasteiger partial charge on any atom is 0.255 e. The lowest BCUT2D eigenvalue weighted by molar-refractivity contribution is -0.113. The summed E-state index contributed by atoms with van der Waals surface area (Å²) in [6, 6.07) is 20.4. The Labute approximate surface area is 197 Å². The van der Waals surface area contributed by atoms with Gasteiger partial charge in [0.15, 0.2) is 5.82 Å². The molecule has 1 aliphatic rings. The van der Waals surface area contributed by atoms with E-state index in [4.69, 9.17) is 9.84 Å². The third kappa shape index (κ3) is 4.13. The molecule has 0 radical (unpaired) electrons. The van der Waals surface area contributed by atoms with E-state index in [1.165, 1.54) is 0 Å². The molecule has 4 aromatic rings. The van der Waals surface area contributed by atoms with Gasteiger partial charge in [-0.1, -0.05) is 30.3 Å². The van der Waals surface area contributed by atoms with Gasteiger partial charge in [0.2, 0.25) is 5.95 Å². The van der Waals surface area contributed by atoms with Gasteiger partial charge in [0.05, 0.1) is 12.2 Å². The van der Waals surface area contributed by atoms with Crippen LogP contribution in [-0.4, -0.2) is 32.3 Å². The highest BCUT2D eigenvalue weighted by Gasteiger charge is 2.34. The molecule has 0 bridgehead atoms. The van der Waals surface area contributed by atoms with Crippen molar-refractivity contribution >= 4 is 17.5 Å². The van der Waals surface area contributed by atoms with Gasteiger partial charge in [0.25, 0.3) is 5.91 Å². The Kier molecular flexibility index (Phi) is 5.78. The molecule has 1 aliphatic heterocycles. The summed E-state index contributed by atoms with van der Waals surface area (Å²) in [5.74, 6) is 1.65. The van der Waals surface area contributed by atoms with E-state index in [1.54, 1.807) is 17.1 Å². The summed E-state index contributed by atoms with van der Waals surface area (Å²) in [4.78, 5) is 22.4. The molecule has 2 N–H and O–H groups in total. The van der Waals surface area contributed by atoms with Crippen molar-refractivity contribution in [1.29, 1.82) is 0 Å². The molecule has 8 nitrogen and oxygen atoms in total. The smallest absolute Gasteiger partial charge is 0.255 e. The first-order valence-electron chi connectivity index (χ1n) is 11.1. The number of rotatable bonds is 6. The van der Waals surface area contributed by atoms with Crippen molar-refractivity contribution in [2.75, 3.05) is 17.2 Å². The normalized spacial score (nSPS) is 14.8. The van der Waals surface area contributed by atoms with Crippen LogP contribution in [0, 0.1) is 0 Å². The van der Waals surface area contributed by atoms with Crippen molar-refractivity contribution < 1.29 is 9.53 Å². The van der Waals surface area contributed by atoms with E-state index < -0.39 is 6.04 Å². The monoisotopic (exact) mass is 452 g/mol. The van der Waals surface area contributed by atoms with Gasteiger partial charge >= 0.3 is 0 Å². The van der Waals surface area contributed by atoms with Crippen molar-refractivity contribution in [3.05, 3.63) is 96.0 Å². The van der Waals surface area contributed by atoms with Gasteiger partial charge in [-0.25, -0.2) is 4.68 Å². The number of carbonyl (C=O) groups is 1. The second-order valence-corrected chi connectivity index (χ2v) is 7.83. The first-order chi connectivity index (χ1) is 16.6. The van der Waals surface area contributed by atoms with Gasteiger partial charge in [-0.3, -0.25) is 9.78 Å². The van der Waals surface area contributed by atoms with Crippen molar-refractivity contribution in [3.63, 3.8) is 0 Å². The van der Waals surface area contributed by atoms with Crippen LogP contribution in [-0.2, 0) is 4.79 Å². The van der Waals surface area contributed by atoms with Crippen LogP contribution < -0.4 is 15.4 Å². The lowest BCUT2D eigenvalue weighted by Gasteiger charge is -2.28. The lowest BCUT2D eigenvalue weighted by atomic mass is 9.95. The number of nitrogens with one attached hydrogen (secondary N) is 2. The minimum atomic E-state index is -0.478. The summed E-state index contributed by atoms with van der Waals surface area (Å²) in [7, 11) is 0. The van der Waals surface area contributed by atoms with E-state index >= 15 is 0 Å². The number of ether oxygens (including phenoxy) is 1. The van der Waals surface area contributed by atoms with E-state index in [-0.39, 0.29) is 5.91 Å². The second-order valence-electron chi connectivity index (χ2n) is 7.83. The van der Waals surface area contributed by atoms with Crippen molar-refractivity contribution in [2.45, 2.75) is 19.9 Å². The fraction of sp³-hybridized carbons (Fsp3) is 0.154. The first-order valence-corrected chi connectivity index (χ1v) is 11.1. The topological polar surface area (TPSA) is 94.0 Å². The molecule has 0 saturated heterocycles. The summed E-state index contributed by atoms with van der Waals surface area (Å²) in [5, 5.41) is 11.0. The second kappa shape index (κ2) is 9.19. The number of anilines is 2. The number of hydrogen-bond acceptors (Lipinski definition) is 6. The van der Waals surface area contributed by atoms with E-state index in [0.717, 1.165) is 22.6 Å². The minimum absolute atomic E-state index is 0.209. The highest BCUT2D eigenvalue weighted by Crippen LogP contribution is 2.37. The van der Waals surface area contributed by atoms with Crippen LogP contribution in [0.1, 0.15) is 25.5 Å². The number of para-hydroxylation sites is 1. The van der Waals surface area contributed by atoms with Gasteiger partial charge < -0.3 is 15.4 Å². The summed E-state index contributed by atoms with van der Waals surface area (Å²) in [6.07, 6.45) is 3.43. The summed E-state index contributed by atoms with van der Waals surface area (Å²) >= 11 is 0. The van der Waals surface area contributed by atoms with Crippen LogP contribution in [0.5, 0.6) is 5.75 Å². The van der Waals surface area contributed by atoms with E-state index in [9.17, 15) is 4.79 Å². The Bertz CT molecular complexity index is 1330. The maximum atomic E-state index is 13.5. The average molecular weight is 453 g/mol. The fourth-order valence-corrected chi connectivity index (χ4v) is 4.00. The third-order valence-corrected chi connectivity index (χ3v) is 5.56. The molecule has 1 unspecified atom stereocenters. The van der Waals surface area contributed by atoms with Crippen LogP contribution in [0.3, 0.4) is 0 Å². The first kappa shape index (κ1) is 21.4. The molecule has 2 aromatic heterocycles. The van der Waals surface area contributed by atoms with Crippen LogP contribution in [0.4, 0.5) is 11.6 Å². The number of allylic oxidation sites excluding steroid dienone is 1. The van der Waals surface area contributed by atoms with Crippen molar-refractivity contribution in [3.8, 4) is 17.1 Å². The van der Waals surface area contributed by atoms with Crippen molar-refractivity contribution in [1.82, 2.24) is 19.7 Å². The zero-order valence-corrected chi connectivity index (χ0v) is 18.9. The molecule has 3 heterocycles. The molecule has 2 aromatic carbocycles. The maximum absolute atomic E-state index is 13.5. The van der Waals surface area contributed by atoms with E-state index in [1.807, 2.05) is 80.6 Å².